The highest BCUT2D eigenvalue weighted by molar-refractivity contribution is 7.91. The van der Waals surface area contributed by atoms with Crippen LogP contribution in [0.15, 0.2) is 34.5 Å². The number of carbonyl (C=O) groups excluding carboxylic acids is 1. The first-order valence-electron chi connectivity index (χ1n) is 12.6. The Bertz CT molecular complexity index is 1340. The number of morpholine rings is 1. The molecule has 12 heteroatoms. The number of benzene rings is 1. The van der Waals surface area contributed by atoms with Crippen LogP contribution in [-0.4, -0.2) is 81.0 Å². The number of hydrogen-bond acceptors (Lipinski definition) is 8. The van der Waals surface area contributed by atoms with Gasteiger partial charge >= 0.3 is 0 Å². The van der Waals surface area contributed by atoms with Gasteiger partial charge in [-0.25, -0.2) is 13.4 Å². The van der Waals surface area contributed by atoms with E-state index in [1.165, 1.54) is 4.31 Å². The van der Waals surface area contributed by atoms with Crippen molar-refractivity contribution in [2.75, 3.05) is 57.4 Å². The summed E-state index contributed by atoms with van der Waals surface area (Å²) in [6.07, 6.45) is 1.81. The van der Waals surface area contributed by atoms with E-state index in [9.17, 15) is 13.2 Å². The number of thiophene rings is 1. The number of aryl methyl sites for hydroxylation is 1. The maximum Gasteiger partial charge on any atom is 0.252 e. The predicted octanol–water partition coefficient (Wildman–Crippen LogP) is 4.48. The molecular weight excluding hydrogens is 552 g/mol. The van der Waals surface area contributed by atoms with Crippen LogP contribution in [0.25, 0.3) is 10.2 Å². The summed E-state index contributed by atoms with van der Waals surface area (Å²) in [6.45, 7) is 7.47. The highest BCUT2D eigenvalue weighted by atomic mass is 35.5. The number of amides is 1. The third-order valence-corrected chi connectivity index (χ3v) is 11.7. The molecule has 2 aliphatic rings. The summed E-state index contributed by atoms with van der Waals surface area (Å²) < 4.78 is 34.7. The van der Waals surface area contributed by atoms with Crippen LogP contribution in [0.2, 0.25) is 4.34 Å². The Morgan fingerprint density at radius 1 is 1.14 bits per heavy atom. The Morgan fingerprint density at radius 3 is 2.57 bits per heavy atom. The summed E-state index contributed by atoms with van der Waals surface area (Å²) in [7, 11) is -3.59. The van der Waals surface area contributed by atoms with Crippen molar-refractivity contribution in [3.8, 4) is 0 Å². The third kappa shape index (κ3) is 6.03. The molecule has 2 aromatic heterocycles. The molecule has 5 rings (SSSR count). The Hall–Kier alpha value is -1.60. The van der Waals surface area contributed by atoms with Crippen molar-refractivity contribution in [1.82, 2.24) is 14.2 Å². The van der Waals surface area contributed by atoms with Crippen LogP contribution in [0.4, 0.5) is 5.13 Å². The molecule has 0 saturated carbocycles. The fourth-order valence-electron chi connectivity index (χ4n) is 4.89. The number of piperidine rings is 1. The van der Waals surface area contributed by atoms with E-state index in [1.54, 1.807) is 23.5 Å². The van der Waals surface area contributed by atoms with Crippen molar-refractivity contribution in [2.45, 2.75) is 30.4 Å². The molecule has 0 unspecified atom stereocenters. The number of fused-ring (bicyclic) bond motifs is 1. The number of anilines is 1. The summed E-state index contributed by atoms with van der Waals surface area (Å²) in [4.78, 5) is 22.9. The van der Waals surface area contributed by atoms with E-state index in [0.717, 1.165) is 71.5 Å². The first-order valence-corrected chi connectivity index (χ1v) is 16.0. The predicted molar refractivity (Wildman–Crippen MR) is 149 cm³/mol. The number of hydrogen-bond donors (Lipinski definition) is 0. The van der Waals surface area contributed by atoms with Crippen molar-refractivity contribution >= 4 is 65.6 Å². The van der Waals surface area contributed by atoms with E-state index in [0.29, 0.717) is 36.8 Å². The molecule has 0 aliphatic carbocycles. The van der Waals surface area contributed by atoms with Gasteiger partial charge in [0.2, 0.25) is 5.91 Å². The van der Waals surface area contributed by atoms with Crippen molar-refractivity contribution in [3.05, 3.63) is 40.2 Å². The SMILES string of the molecule is Cc1cccc2sc(N(CCCN3CCOCC3)C(=O)C3CCN(S(=O)(=O)c4ccc(Cl)s4)CC3)nc12. The van der Waals surface area contributed by atoms with Crippen LogP contribution < -0.4 is 4.90 Å². The van der Waals surface area contributed by atoms with E-state index in [1.807, 2.05) is 30.0 Å². The zero-order valence-electron chi connectivity index (χ0n) is 20.8. The Kier molecular flexibility index (Phi) is 8.49. The average molecular weight is 583 g/mol. The standard InChI is InChI=1S/C25H31ClN4O4S3/c1-18-4-2-5-20-23(18)27-25(35-20)30(11-3-10-28-14-16-34-17-15-28)24(31)19-8-12-29(13-9-19)37(32,33)22-7-6-21(26)36-22/h2,4-7,19H,3,8-17H2,1H3. The summed E-state index contributed by atoms with van der Waals surface area (Å²) in [5.41, 5.74) is 2.02. The normalized spacial score (nSPS) is 18.4. The highest BCUT2D eigenvalue weighted by Gasteiger charge is 2.35. The van der Waals surface area contributed by atoms with E-state index >= 15 is 0 Å². The topological polar surface area (TPSA) is 83.0 Å². The quantitative estimate of drug-likeness (QED) is 0.390. The monoisotopic (exact) mass is 582 g/mol. The van der Waals surface area contributed by atoms with Gasteiger partial charge in [-0.2, -0.15) is 4.31 Å². The lowest BCUT2D eigenvalue weighted by Gasteiger charge is -2.33. The lowest BCUT2D eigenvalue weighted by Crippen LogP contribution is -2.45. The molecule has 8 nitrogen and oxygen atoms in total. The fourth-order valence-corrected chi connectivity index (χ4v) is 9.08. The second-order valence-electron chi connectivity index (χ2n) is 9.45. The largest absolute Gasteiger partial charge is 0.379 e. The zero-order chi connectivity index (χ0) is 26.0. The lowest BCUT2D eigenvalue weighted by atomic mass is 9.96. The molecule has 2 saturated heterocycles. The number of carbonyl (C=O) groups is 1. The molecule has 1 aromatic carbocycles. The van der Waals surface area contributed by atoms with E-state index < -0.39 is 10.0 Å². The zero-order valence-corrected chi connectivity index (χ0v) is 24.0. The number of ether oxygens (including phenoxy) is 1. The molecule has 200 valence electrons. The van der Waals surface area contributed by atoms with Crippen LogP contribution >= 0.6 is 34.3 Å². The van der Waals surface area contributed by atoms with Gasteiger partial charge in [0.15, 0.2) is 5.13 Å². The molecule has 0 N–H and O–H groups in total. The summed E-state index contributed by atoms with van der Waals surface area (Å²) in [6, 6.07) is 9.24. The fraction of sp³-hybridized carbons (Fsp3) is 0.520. The molecule has 4 heterocycles. The van der Waals surface area contributed by atoms with Crippen LogP contribution in [0.3, 0.4) is 0 Å². The Labute approximate surface area is 230 Å². The van der Waals surface area contributed by atoms with Crippen LogP contribution in [0.5, 0.6) is 0 Å². The second-order valence-corrected chi connectivity index (χ2v) is 14.3. The van der Waals surface area contributed by atoms with E-state index in [4.69, 9.17) is 21.3 Å². The van der Waals surface area contributed by atoms with Gasteiger partial charge in [-0.15, -0.1) is 11.3 Å². The second kappa shape index (κ2) is 11.6. The van der Waals surface area contributed by atoms with Gasteiger partial charge in [0.25, 0.3) is 10.0 Å². The Morgan fingerprint density at radius 2 is 1.89 bits per heavy atom. The van der Waals surface area contributed by atoms with Gasteiger partial charge < -0.3 is 4.74 Å². The van der Waals surface area contributed by atoms with Crippen molar-refractivity contribution in [2.24, 2.45) is 5.92 Å². The lowest BCUT2D eigenvalue weighted by molar-refractivity contribution is -0.123. The number of nitrogens with zero attached hydrogens (tertiary/aromatic N) is 4. The molecular formula is C25H31ClN4O4S3. The molecule has 0 spiro atoms. The first-order chi connectivity index (χ1) is 17.8. The van der Waals surface area contributed by atoms with Crippen molar-refractivity contribution in [3.63, 3.8) is 0 Å². The number of para-hydroxylation sites is 1. The van der Waals surface area contributed by atoms with E-state index in [2.05, 4.69) is 4.90 Å². The summed E-state index contributed by atoms with van der Waals surface area (Å²) in [5, 5.41) is 0.722. The third-order valence-electron chi connectivity index (χ3n) is 7.01. The average Bonchev–Trinajstić information content (AvgIpc) is 3.55. The molecule has 3 aromatic rings. The van der Waals surface area contributed by atoms with Gasteiger partial charge in [-0.05, 0) is 49.9 Å². The van der Waals surface area contributed by atoms with Gasteiger partial charge in [-0.1, -0.05) is 35.1 Å². The molecule has 2 aliphatic heterocycles. The first kappa shape index (κ1) is 27.0. The van der Waals surface area contributed by atoms with Gasteiger partial charge in [0, 0.05) is 45.2 Å². The number of sulfonamides is 1. The molecule has 0 bridgehead atoms. The number of aromatic nitrogens is 1. The number of thiazole rings is 1. The maximum atomic E-state index is 13.8. The van der Waals surface area contributed by atoms with Crippen molar-refractivity contribution < 1.29 is 17.9 Å². The van der Waals surface area contributed by atoms with Crippen molar-refractivity contribution in [1.29, 1.82) is 0 Å². The summed E-state index contributed by atoms with van der Waals surface area (Å²) in [5.74, 6) is -0.204. The number of rotatable bonds is 8. The summed E-state index contributed by atoms with van der Waals surface area (Å²) >= 11 is 8.57. The number of halogens is 1. The molecule has 0 radical (unpaired) electrons. The molecule has 1 amide bonds. The maximum absolute atomic E-state index is 13.8. The van der Waals surface area contributed by atoms with Crippen LogP contribution in [0, 0.1) is 12.8 Å². The minimum atomic E-state index is -3.59. The molecule has 2 fully saturated rings. The van der Waals surface area contributed by atoms with Gasteiger partial charge in [0.1, 0.15) is 4.21 Å². The van der Waals surface area contributed by atoms with Crippen LogP contribution in [0.1, 0.15) is 24.8 Å². The van der Waals surface area contributed by atoms with Gasteiger partial charge in [-0.3, -0.25) is 14.6 Å². The molecule has 37 heavy (non-hydrogen) atoms. The van der Waals surface area contributed by atoms with E-state index in [-0.39, 0.29) is 16.0 Å². The molecule has 0 atom stereocenters. The smallest absolute Gasteiger partial charge is 0.252 e. The Balaban J connectivity index is 1.30. The van der Waals surface area contributed by atoms with Gasteiger partial charge in [0.05, 0.1) is 27.8 Å². The van der Waals surface area contributed by atoms with Crippen LogP contribution in [-0.2, 0) is 19.6 Å². The minimum Gasteiger partial charge on any atom is -0.379 e. The minimum absolute atomic E-state index is 0.0369. The highest BCUT2D eigenvalue weighted by Crippen LogP contribution is 2.34.